The van der Waals surface area contributed by atoms with E-state index in [1.807, 2.05) is 6.07 Å². The van der Waals surface area contributed by atoms with E-state index in [0.29, 0.717) is 28.4 Å². The minimum atomic E-state index is -0.568. The summed E-state index contributed by atoms with van der Waals surface area (Å²) in [6, 6.07) is 24.4. The lowest BCUT2D eigenvalue weighted by atomic mass is 10.0. The summed E-state index contributed by atoms with van der Waals surface area (Å²) in [5.74, 6) is 0.569. The molecule has 1 saturated heterocycles. The fourth-order valence-electron chi connectivity index (χ4n) is 3.99. The number of aliphatic hydroxyl groups is 1. The van der Waals surface area contributed by atoms with Crippen LogP contribution in [0.5, 0.6) is 5.75 Å². The first kappa shape index (κ1) is 23.5. The molecule has 1 N–H and O–H groups in total. The van der Waals surface area contributed by atoms with Crippen molar-refractivity contribution in [1.29, 1.82) is 0 Å². The van der Waals surface area contributed by atoms with Gasteiger partial charge in [0.1, 0.15) is 18.5 Å². The SMILES string of the molecule is O=C(c1ccc(Cl)cc1)c1ccc(OC[C@@H](O)CN2CCN(Cc3ccccc3)CC2)cc1. The molecule has 1 aliphatic rings. The van der Waals surface area contributed by atoms with Crippen molar-refractivity contribution < 1.29 is 14.6 Å². The standard InChI is InChI=1S/C27H29ClN2O3/c28-24-10-6-22(7-11-24)27(32)23-8-12-26(13-9-23)33-20-25(31)19-30-16-14-29(15-17-30)18-21-4-2-1-3-5-21/h1-13,25,31H,14-20H2/t25-/m0/s1. The zero-order valence-corrected chi connectivity index (χ0v) is 19.3. The third-order valence-corrected chi connectivity index (χ3v) is 6.10. The zero-order valence-electron chi connectivity index (χ0n) is 18.6. The molecule has 1 heterocycles. The van der Waals surface area contributed by atoms with Crippen molar-refractivity contribution in [2.75, 3.05) is 39.3 Å². The van der Waals surface area contributed by atoms with Gasteiger partial charge in [0.2, 0.25) is 0 Å². The van der Waals surface area contributed by atoms with Crippen molar-refractivity contribution >= 4 is 17.4 Å². The number of piperazine rings is 1. The molecule has 0 unspecified atom stereocenters. The van der Waals surface area contributed by atoms with Crippen LogP contribution in [0.15, 0.2) is 78.9 Å². The van der Waals surface area contributed by atoms with Crippen LogP contribution in [-0.2, 0) is 6.54 Å². The van der Waals surface area contributed by atoms with Crippen molar-refractivity contribution in [2.24, 2.45) is 0 Å². The molecule has 33 heavy (non-hydrogen) atoms. The van der Waals surface area contributed by atoms with Crippen molar-refractivity contribution in [3.63, 3.8) is 0 Å². The van der Waals surface area contributed by atoms with Crippen LogP contribution in [-0.4, -0.2) is 66.1 Å². The van der Waals surface area contributed by atoms with E-state index in [9.17, 15) is 9.90 Å². The van der Waals surface area contributed by atoms with Crippen LogP contribution >= 0.6 is 11.6 Å². The van der Waals surface area contributed by atoms with Gasteiger partial charge in [-0.25, -0.2) is 0 Å². The van der Waals surface area contributed by atoms with E-state index in [-0.39, 0.29) is 12.4 Å². The Labute approximate surface area is 200 Å². The summed E-state index contributed by atoms with van der Waals surface area (Å²) >= 11 is 5.89. The maximum absolute atomic E-state index is 12.5. The van der Waals surface area contributed by atoms with Crippen LogP contribution in [0.2, 0.25) is 5.02 Å². The van der Waals surface area contributed by atoms with Crippen molar-refractivity contribution in [2.45, 2.75) is 12.6 Å². The molecule has 1 aliphatic heterocycles. The zero-order chi connectivity index (χ0) is 23.0. The van der Waals surface area contributed by atoms with Crippen LogP contribution in [0.4, 0.5) is 0 Å². The molecule has 4 rings (SSSR count). The normalized spacial score (nSPS) is 15.8. The highest BCUT2D eigenvalue weighted by Crippen LogP contribution is 2.18. The molecule has 0 saturated carbocycles. The van der Waals surface area contributed by atoms with Crippen molar-refractivity contribution in [3.8, 4) is 5.75 Å². The highest BCUT2D eigenvalue weighted by molar-refractivity contribution is 6.30. The largest absolute Gasteiger partial charge is 0.491 e. The van der Waals surface area contributed by atoms with E-state index in [0.717, 1.165) is 32.7 Å². The van der Waals surface area contributed by atoms with E-state index in [1.165, 1.54) is 5.56 Å². The van der Waals surface area contributed by atoms with Gasteiger partial charge in [-0.2, -0.15) is 0 Å². The predicted octanol–water partition coefficient (Wildman–Crippen LogP) is 4.13. The molecule has 6 heteroatoms. The number of β-amino-alcohol motifs (C(OH)–C–C–N with tert-alkyl or cyclic N) is 1. The molecule has 1 atom stereocenters. The number of aliphatic hydroxyl groups excluding tert-OH is 1. The van der Waals surface area contributed by atoms with E-state index in [1.54, 1.807) is 48.5 Å². The highest BCUT2D eigenvalue weighted by Gasteiger charge is 2.19. The number of nitrogens with zero attached hydrogens (tertiary/aromatic N) is 2. The minimum absolute atomic E-state index is 0.0651. The minimum Gasteiger partial charge on any atom is -0.491 e. The Morgan fingerprint density at radius 3 is 2.06 bits per heavy atom. The molecule has 0 bridgehead atoms. The third kappa shape index (κ3) is 6.89. The number of hydrogen-bond donors (Lipinski definition) is 1. The molecule has 3 aromatic carbocycles. The summed E-state index contributed by atoms with van der Waals surface area (Å²) in [6.45, 7) is 5.63. The van der Waals surface area contributed by atoms with Crippen LogP contribution in [0.1, 0.15) is 21.5 Å². The lowest BCUT2D eigenvalue weighted by Gasteiger charge is -2.35. The Hall–Kier alpha value is -2.70. The van der Waals surface area contributed by atoms with Crippen LogP contribution in [0.3, 0.4) is 0 Å². The molecule has 0 aliphatic carbocycles. The molecule has 1 fully saturated rings. The number of ketones is 1. The molecule has 0 amide bonds. The molecule has 0 aromatic heterocycles. The predicted molar refractivity (Wildman–Crippen MR) is 131 cm³/mol. The van der Waals surface area contributed by atoms with Gasteiger partial charge in [0, 0.05) is 55.4 Å². The van der Waals surface area contributed by atoms with Gasteiger partial charge in [-0.3, -0.25) is 14.6 Å². The van der Waals surface area contributed by atoms with Crippen LogP contribution in [0, 0.1) is 0 Å². The number of ether oxygens (including phenoxy) is 1. The van der Waals surface area contributed by atoms with Gasteiger partial charge in [-0.15, -0.1) is 0 Å². The van der Waals surface area contributed by atoms with Gasteiger partial charge >= 0.3 is 0 Å². The summed E-state index contributed by atoms with van der Waals surface area (Å²) in [6.07, 6.45) is -0.568. The topological polar surface area (TPSA) is 53.0 Å². The Balaban J connectivity index is 1.19. The summed E-state index contributed by atoms with van der Waals surface area (Å²) in [4.78, 5) is 17.3. The lowest BCUT2D eigenvalue weighted by Crippen LogP contribution is -2.48. The Kier molecular flexibility index (Phi) is 8.13. The maximum atomic E-state index is 12.5. The number of halogens is 1. The number of hydrogen-bond acceptors (Lipinski definition) is 5. The van der Waals surface area contributed by atoms with Crippen LogP contribution in [0.25, 0.3) is 0 Å². The van der Waals surface area contributed by atoms with E-state index in [2.05, 4.69) is 34.1 Å². The fraction of sp³-hybridized carbons (Fsp3) is 0.296. The second kappa shape index (κ2) is 11.4. The van der Waals surface area contributed by atoms with Crippen molar-refractivity contribution in [1.82, 2.24) is 9.80 Å². The molecule has 0 spiro atoms. The van der Waals surface area contributed by atoms with Gasteiger partial charge in [0.25, 0.3) is 0 Å². The lowest BCUT2D eigenvalue weighted by molar-refractivity contribution is 0.0446. The van der Waals surface area contributed by atoms with E-state index in [4.69, 9.17) is 16.3 Å². The van der Waals surface area contributed by atoms with Gasteiger partial charge in [-0.1, -0.05) is 41.9 Å². The average molecular weight is 465 g/mol. The van der Waals surface area contributed by atoms with Crippen LogP contribution < -0.4 is 4.74 Å². The van der Waals surface area contributed by atoms with Gasteiger partial charge < -0.3 is 9.84 Å². The first-order chi connectivity index (χ1) is 16.1. The third-order valence-electron chi connectivity index (χ3n) is 5.85. The number of rotatable bonds is 9. The second-order valence-electron chi connectivity index (χ2n) is 8.39. The average Bonchev–Trinajstić information content (AvgIpc) is 2.85. The molecule has 3 aromatic rings. The summed E-state index contributed by atoms with van der Waals surface area (Å²) in [5.41, 5.74) is 2.51. The molecule has 0 radical (unpaired) electrons. The Morgan fingerprint density at radius 1 is 0.848 bits per heavy atom. The molecular weight excluding hydrogens is 436 g/mol. The summed E-state index contributed by atoms with van der Waals surface area (Å²) < 4.78 is 5.75. The Morgan fingerprint density at radius 2 is 1.42 bits per heavy atom. The van der Waals surface area contributed by atoms with Gasteiger partial charge in [-0.05, 0) is 54.1 Å². The van der Waals surface area contributed by atoms with E-state index < -0.39 is 6.10 Å². The first-order valence-corrected chi connectivity index (χ1v) is 11.6. The monoisotopic (exact) mass is 464 g/mol. The van der Waals surface area contributed by atoms with Crippen molar-refractivity contribution in [3.05, 3.63) is 101 Å². The number of carbonyl (C=O) groups is 1. The molecule has 5 nitrogen and oxygen atoms in total. The second-order valence-corrected chi connectivity index (χ2v) is 8.82. The van der Waals surface area contributed by atoms with Gasteiger partial charge in [0.15, 0.2) is 5.78 Å². The quantitative estimate of drug-likeness (QED) is 0.482. The molecule has 172 valence electrons. The Bertz CT molecular complexity index is 1020. The summed E-state index contributed by atoms with van der Waals surface area (Å²) in [7, 11) is 0. The molecular formula is C27H29ClN2O3. The smallest absolute Gasteiger partial charge is 0.193 e. The van der Waals surface area contributed by atoms with E-state index >= 15 is 0 Å². The fourth-order valence-corrected chi connectivity index (χ4v) is 4.11. The first-order valence-electron chi connectivity index (χ1n) is 11.3. The maximum Gasteiger partial charge on any atom is 0.193 e. The number of carbonyl (C=O) groups excluding carboxylic acids is 1. The highest BCUT2D eigenvalue weighted by atomic mass is 35.5. The number of benzene rings is 3. The summed E-state index contributed by atoms with van der Waals surface area (Å²) in [5, 5.41) is 11.0. The van der Waals surface area contributed by atoms with Gasteiger partial charge in [0.05, 0.1) is 0 Å².